The van der Waals surface area contributed by atoms with Gasteiger partial charge in [0.15, 0.2) is 11.0 Å². The molecule has 1 aromatic heterocycles. The average Bonchev–Trinajstić information content (AvgIpc) is 2.36. The third kappa shape index (κ3) is 0.690. The monoisotopic (exact) mass is 156 g/mol. The molecule has 0 fully saturated rings. The Morgan fingerprint density at radius 2 is 2.30 bits per heavy atom. The van der Waals surface area contributed by atoms with Crippen LogP contribution < -0.4 is 10.6 Å². The van der Waals surface area contributed by atoms with E-state index in [2.05, 4.69) is 20.6 Å². The molecule has 0 bridgehead atoms. The van der Waals surface area contributed by atoms with E-state index in [1.807, 2.05) is 0 Å². The Morgan fingerprint density at radius 1 is 1.40 bits per heavy atom. The molecule has 0 atom stereocenters. The van der Waals surface area contributed by atoms with Crippen LogP contribution in [0.25, 0.3) is 0 Å². The van der Waals surface area contributed by atoms with Gasteiger partial charge in [0, 0.05) is 0 Å². The van der Waals surface area contributed by atoms with Gasteiger partial charge in [0.1, 0.15) is 12.0 Å². The first-order valence-electron chi connectivity index (χ1n) is 2.86. The lowest BCUT2D eigenvalue weighted by molar-refractivity contribution is 1.18. The number of aromatic nitrogens is 2. The fourth-order valence-electron chi connectivity index (χ4n) is 0.871. The van der Waals surface area contributed by atoms with E-state index < -0.39 is 0 Å². The van der Waals surface area contributed by atoms with Crippen LogP contribution >= 0.6 is 11.6 Å². The number of hydrogen-bond donors (Lipinski definition) is 2. The highest BCUT2D eigenvalue weighted by Gasteiger charge is 2.13. The van der Waals surface area contributed by atoms with Gasteiger partial charge in [-0.3, -0.25) is 0 Å². The molecule has 2 N–H and O–H groups in total. The summed E-state index contributed by atoms with van der Waals surface area (Å²) in [5.74, 6) is 0.778. The summed E-state index contributed by atoms with van der Waals surface area (Å²) in [5.41, 5.74) is 0.796. The fraction of sp³-hybridized carbons (Fsp3) is 0.200. The minimum atomic E-state index is 0.468. The zero-order chi connectivity index (χ0) is 6.97. The van der Waals surface area contributed by atoms with Gasteiger partial charge in [0.25, 0.3) is 0 Å². The maximum absolute atomic E-state index is 5.72. The van der Waals surface area contributed by atoms with Crippen molar-refractivity contribution in [3.05, 3.63) is 11.5 Å². The number of halogens is 1. The maximum Gasteiger partial charge on any atom is 0.157 e. The largest absolute Gasteiger partial charge is 0.362 e. The van der Waals surface area contributed by atoms with E-state index in [0.29, 0.717) is 11.8 Å². The van der Waals surface area contributed by atoms with Gasteiger partial charge in [0.2, 0.25) is 0 Å². The van der Waals surface area contributed by atoms with Crippen molar-refractivity contribution in [2.24, 2.45) is 0 Å². The first-order chi connectivity index (χ1) is 4.88. The Hall–Kier alpha value is -1.03. The molecule has 0 unspecified atom stereocenters. The van der Waals surface area contributed by atoms with Gasteiger partial charge >= 0.3 is 0 Å². The second-order valence-electron chi connectivity index (χ2n) is 1.92. The molecule has 4 nitrogen and oxygen atoms in total. The highest BCUT2D eigenvalue weighted by Crippen LogP contribution is 2.28. The Labute approximate surface area is 62.6 Å². The molecule has 0 saturated carbocycles. The van der Waals surface area contributed by atoms with Gasteiger partial charge in [-0.1, -0.05) is 11.6 Å². The lowest BCUT2D eigenvalue weighted by atomic mass is 10.5. The number of nitrogens with zero attached hydrogens (tertiary/aromatic N) is 2. The van der Waals surface area contributed by atoms with Crippen molar-refractivity contribution in [3.63, 3.8) is 0 Å². The first kappa shape index (κ1) is 5.73. The SMILES string of the molecule is Clc1ncnc2c1NCN2. The highest BCUT2D eigenvalue weighted by molar-refractivity contribution is 6.32. The molecule has 0 spiro atoms. The van der Waals surface area contributed by atoms with Crippen LogP contribution in [0.15, 0.2) is 6.33 Å². The quantitative estimate of drug-likeness (QED) is 0.549. The maximum atomic E-state index is 5.72. The lowest BCUT2D eigenvalue weighted by Gasteiger charge is -1.96. The molecule has 1 aliphatic rings. The van der Waals surface area contributed by atoms with Gasteiger partial charge < -0.3 is 10.6 Å². The Bertz CT molecular complexity index is 262. The van der Waals surface area contributed by atoms with E-state index in [9.17, 15) is 0 Å². The number of hydrogen-bond acceptors (Lipinski definition) is 4. The number of fused-ring (bicyclic) bond motifs is 1. The first-order valence-corrected chi connectivity index (χ1v) is 3.24. The zero-order valence-corrected chi connectivity index (χ0v) is 5.81. The molecule has 0 radical (unpaired) electrons. The predicted octanol–water partition coefficient (Wildman–Crippen LogP) is 0.925. The molecule has 52 valence electrons. The summed E-state index contributed by atoms with van der Waals surface area (Å²) < 4.78 is 0. The summed E-state index contributed by atoms with van der Waals surface area (Å²) in [6.45, 7) is 0.674. The molecular formula is C5H5ClN4. The van der Waals surface area contributed by atoms with E-state index in [0.717, 1.165) is 11.5 Å². The Balaban J connectivity index is 2.59. The van der Waals surface area contributed by atoms with E-state index >= 15 is 0 Å². The standard InChI is InChI=1S/C5H5ClN4/c6-4-3-5(9-1-7-3)10-2-8-4/h2,7H,1H2,(H,8,9,10). The molecule has 1 aliphatic heterocycles. The molecule has 0 saturated heterocycles. The predicted molar refractivity (Wildman–Crippen MR) is 39.2 cm³/mol. The van der Waals surface area contributed by atoms with Crippen molar-refractivity contribution in [2.45, 2.75) is 0 Å². The van der Waals surface area contributed by atoms with Gasteiger partial charge in [0.05, 0.1) is 6.67 Å². The summed E-state index contributed by atoms with van der Waals surface area (Å²) in [6, 6.07) is 0. The molecule has 2 heterocycles. The minimum absolute atomic E-state index is 0.468. The molecule has 0 aliphatic carbocycles. The molecule has 2 rings (SSSR count). The lowest BCUT2D eigenvalue weighted by Crippen LogP contribution is -1.99. The molecule has 0 amide bonds. The highest BCUT2D eigenvalue weighted by atomic mass is 35.5. The van der Waals surface area contributed by atoms with Crippen LogP contribution in [0.5, 0.6) is 0 Å². The van der Waals surface area contributed by atoms with Crippen molar-refractivity contribution in [1.82, 2.24) is 9.97 Å². The molecular weight excluding hydrogens is 152 g/mol. The summed E-state index contributed by atoms with van der Waals surface area (Å²) in [6.07, 6.45) is 1.43. The van der Waals surface area contributed by atoms with Crippen molar-refractivity contribution >= 4 is 23.1 Å². The van der Waals surface area contributed by atoms with E-state index in [1.54, 1.807) is 0 Å². The summed E-state index contributed by atoms with van der Waals surface area (Å²) in [5, 5.41) is 6.46. The van der Waals surface area contributed by atoms with Crippen LogP contribution in [0.1, 0.15) is 0 Å². The minimum Gasteiger partial charge on any atom is -0.362 e. The van der Waals surface area contributed by atoms with E-state index in [1.165, 1.54) is 6.33 Å². The van der Waals surface area contributed by atoms with E-state index in [4.69, 9.17) is 11.6 Å². The second kappa shape index (κ2) is 1.98. The Kier molecular flexibility index (Phi) is 1.14. The Morgan fingerprint density at radius 3 is 3.10 bits per heavy atom. The average molecular weight is 157 g/mol. The van der Waals surface area contributed by atoms with Gasteiger partial charge in [-0.15, -0.1) is 0 Å². The van der Waals surface area contributed by atoms with Crippen LogP contribution in [0.3, 0.4) is 0 Å². The van der Waals surface area contributed by atoms with Crippen molar-refractivity contribution in [2.75, 3.05) is 17.3 Å². The summed E-state index contributed by atoms with van der Waals surface area (Å²) in [4.78, 5) is 7.75. The third-order valence-corrected chi connectivity index (χ3v) is 1.61. The van der Waals surface area contributed by atoms with Crippen LogP contribution in [0, 0.1) is 0 Å². The van der Waals surface area contributed by atoms with Crippen molar-refractivity contribution < 1.29 is 0 Å². The summed E-state index contributed by atoms with van der Waals surface area (Å²) >= 11 is 5.72. The van der Waals surface area contributed by atoms with Crippen LogP contribution in [0.2, 0.25) is 5.15 Å². The molecule has 10 heavy (non-hydrogen) atoms. The second-order valence-corrected chi connectivity index (χ2v) is 2.28. The van der Waals surface area contributed by atoms with Crippen LogP contribution in [-0.2, 0) is 0 Å². The topological polar surface area (TPSA) is 49.8 Å². The fourth-order valence-corrected chi connectivity index (χ4v) is 1.07. The van der Waals surface area contributed by atoms with Crippen LogP contribution in [0.4, 0.5) is 11.5 Å². The third-order valence-electron chi connectivity index (χ3n) is 1.32. The zero-order valence-electron chi connectivity index (χ0n) is 5.06. The molecule has 1 aromatic rings. The number of rotatable bonds is 0. The van der Waals surface area contributed by atoms with Crippen molar-refractivity contribution in [3.8, 4) is 0 Å². The van der Waals surface area contributed by atoms with Crippen LogP contribution in [-0.4, -0.2) is 16.6 Å². The van der Waals surface area contributed by atoms with Crippen molar-refractivity contribution in [1.29, 1.82) is 0 Å². The van der Waals surface area contributed by atoms with Gasteiger partial charge in [-0.05, 0) is 0 Å². The normalized spacial score (nSPS) is 13.7. The molecule has 0 aromatic carbocycles. The van der Waals surface area contributed by atoms with Gasteiger partial charge in [-0.2, -0.15) is 0 Å². The summed E-state index contributed by atoms with van der Waals surface area (Å²) in [7, 11) is 0. The number of nitrogens with one attached hydrogen (secondary N) is 2. The smallest absolute Gasteiger partial charge is 0.157 e. The number of anilines is 2. The molecule has 5 heteroatoms. The van der Waals surface area contributed by atoms with E-state index in [-0.39, 0.29) is 0 Å². The van der Waals surface area contributed by atoms with Gasteiger partial charge in [-0.25, -0.2) is 9.97 Å².